The molecule has 43 heavy (non-hydrogen) atoms. The van der Waals surface area contributed by atoms with E-state index in [1.807, 2.05) is 47.4 Å². The van der Waals surface area contributed by atoms with Gasteiger partial charge in [0, 0.05) is 37.2 Å². The summed E-state index contributed by atoms with van der Waals surface area (Å²) in [5.74, 6) is -0.235. The average molecular weight is 627 g/mol. The van der Waals surface area contributed by atoms with Crippen molar-refractivity contribution in [2.24, 2.45) is 11.7 Å². The van der Waals surface area contributed by atoms with Crippen molar-refractivity contribution in [3.05, 3.63) is 87.4 Å². The van der Waals surface area contributed by atoms with Gasteiger partial charge in [-0.2, -0.15) is 0 Å². The van der Waals surface area contributed by atoms with Crippen LogP contribution in [0.25, 0.3) is 0 Å². The van der Waals surface area contributed by atoms with E-state index in [0.717, 1.165) is 17.5 Å². The first kappa shape index (κ1) is 31.0. The molecule has 10 heteroatoms. The molecule has 8 nitrogen and oxygen atoms in total. The lowest BCUT2D eigenvalue weighted by molar-refractivity contribution is -0.126. The van der Waals surface area contributed by atoms with Crippen molar-refractivity contribution in [3.8, 4) is 17.2 Å². The third kappa shape index (κ3) is 5.76. The lowest BCUT2D eigenvalue weighted by Crippen LogP contribution is -2.57. The molecule has 2 heterocycles. The van der Waals surface area contributed by atoms with E-state index in [9.17, 15) is 14.7 Å². The van der Waals surface area contributed by atoms with Crippen molar-refractivity contribution in [2.45, 2.75) is 37.1 Å². The number of nitrogens with zero attached hydrogens (tertiary/aromatic N) is 2. The molecule has 4 unspecified atom stereocenters. The third-order valence-electron chi connectivity index (χ3n) is 9.36. The number of aromatic hydroxyl groups is 1. The summed E-state index contributed by atoms with van der Waals surface area (Å²) in [6.07, 6.45) is 1.38. The van der Waals surface area contributed by atoms with Gasteiger partial charge < -0.3 is 25.2 Å². The Balaban J connectivity index is 1.39. The second-order valence-electron chi connectivity index (χ2n) is 11.4. The zero-order chi connectivity index (χ0) is 30.9. The number of benzene rings is 3. The van der Waals surface area contributed by atoms with Crippen LogP contribution in [0.3, 0.4) is 0 Å². The summed E-state index contributed by atoms with van der Waals surface area (Å²) in [5.41, 5.74) is 7.46. The zero-order valence-corrected chi connectivity index (χ0v) is 26.1. The van der Waals surface area contributed by atoms with Crippen LogP contribution in [0, 0.1) is 5.92 Å². The summed E-state index contributed by atoms with van der Waals surface area (Å²) >= 11 is 12.7. The number of methoxy groups -OCH3 is 2. The van der Waals surface area contributed by atoms with Gasteiger partial charge in [0.05, 0.1) is 29.7 Å². The molecule has 0 saturated carbocycles. The molecule has 0 radical (unpaired) electrons. The van der Waals surface area contributed by atoms with Gasteiger partial charge in [0.1, 0.15) is 0 Å². The maximum atomic E-state index is 13.5. The number of likely N-dealkylation sites (tertiary alicyclic amines) is 2. The lowest BCUT2D eigenvalue weighted by atomic mass is 9.62. The van der Waals surface area contributed by atoms with Gasteiger partial charge in [-0.3, -0.25) is 14.5 Å². The molecule has 2 aliphatic heterocycles. The minimum atomic E-state index is -0.915. The predicted molar refractivity (Wildman–Crippen MR) is 167 cm³/mol. The highest BCUT2D eigenvalue weighted by molar-refractivity contribution is 6.42. The van der Waals surface area contributed by atoms with Gasteiger partial charge in [-0.05, 0) is 67.6 Å². The van der Waals surface area contributed by atoms with Crippen LogP contribution in [-0.4, -0.2) is 73.2 Å². The number of piperidine rings is 1. The number of phenolic OH excluding ortho intramolecular Hbond substituents is 1. The topological polar surface area (TPSA) is 105 Å². The summed E-state index contributed by atoms with van der Waals surface area (Å²) in [4.78, 5) is 31.0. The monoisotopic (exact) mass is 625 g/mol. The number of phenols is 1. The molecule has 3 aromatic rings. The van der Waals surface area contributed by atoms with E-state index in [2.05, 4.69) is 11.8 Å². The van der Waals surface area contributed by atoms with Crippen molar-refractivity contribution in [3.63, 3.8) is 0 Å². The van der Waals surface area contributed by atoms with Gasteiger partial charge in [0.2, 0.25) is 11.7 Å². The molecule has 3 N–H and O–H groups in total. The van der Waals surface area contributed by atoms with E-state index < -0.39 is 5.41 Å². The Labute approximate surface area is 262 Å². The molecule has 2 fully saturated rings. The van der Waals surface area contributed by atoms with Crippen molar-refractivity contribution < 1.29 is 24.2 Å². The Morgan fingerprint density at radius 1 is 1.00 bits per heavy atom. The molecule has 3 aromatic carbocycles. The van der Waals surface area contributed by atoms with Gasteiger partial charge in [-0.15, -0.1) is 0 Å². The molecule has 2 saturated heterocycles. The quantitative estimate of drug-likeness (QED) is 0.343. The summed E-state index contributed by atoms with van der Waals surface area (Å²) in [5, 5.41) is 11.3. The second-order valence-corrected chi connectivity index (χ2v) is 12.3. The number of primary amides is 1. The van der Waals surface area contributed by atoms with Gasteiger partial charge >= 0.3 is 0 Å². The number of rotatable bonds is 8. The Hall–Kier alpha value is -3.46. The van der Waals surface area contributed by atoms with Crippen molar-refractivity contribution in [2.75, 3.05) is 40.4 Å². The highest BCUT2D eigenvalue weighted by Crippen LogP contribution is 2.47. The number of carbonyl (C=O) groups is 2. The molecule has 0 aliphatic carbocycles. The van der Waals surface area contributed by atoms with E-state index in [-0.39, 0.29) is 41.2 Å². The van der Waals surface area contributed by atoms with E-state index in [4.69, 9.17) is 38.4 Å². The molecule has 5 rings (SSSR count). The smallest absolute Gasteiger partial charge is 0.254 e. The molecule has 228 valence electrons. The molecule has 0 bridgehead atoms. The van der Waals surface area contributed by atoms with Gasteiger partial charge in [-0.25, -0.2) is 0 Å². The zero-order valence-electron chi connectivity index (χ0n) is 24.6. The molecular weight excluding hydrogens is 589 g/mol. The predicted octanol–water partition coefficient (Wildman–Crippen LogP) is 5.48. The molecule has 0 spiro atoms. The number of hydrogen-bond donors (Lipinski definition) is 2. The lowest BCUT2D eigenvalue weighted by Gasteiger charge is -2.49. The van der Waals surface area contributed by atoms with Crippen molar-refractivity contribution in [1.29, 1.82) is 0 Å². The normalized spacial score (nSPS) is 23.1. The number of ether oxygens (including phenoxy) is 2. The van der Waals surface area contributed by atoms with Crippen LogP contribution in [0.5, 0.6) is 17.2 Å². The van der Waals surface area contributed by atoms with Crippen LogP contribution < -0.4 is 15.2 Å². The van der Waals surface area contributed by atoms with Crippen LogP contribution in [0.2, 0.25) is 10.0 Å². The molecule has 4 atom stereocenters. The number of nitrogens with two attached hydrogens (primary N) is 1. The van der Waals surface area contributed by atoms with Crippen LogP contribution in [0.4, 0.5) is 0 Å². The SMILES string of the molecule is COc1cc(C(=O)N2CCC(C(C)N3CCC(C(N)=O)(c4ccccc4)C(c4ccc(Cl)c(Cl)c4)C3)C2)cc(O)c1OC. The van der Waals surface area contributed by atoms with E-state index in [1.165, 1.54) is 20.3 Å². The van der Waals surface area contributed by atoms with Gasteiger partial charge in [-0.1, -0.05) is 59.6 Å². The highest BCUT2D eigenvalue weighted by atomic mass is 35.5. The molecule has 0 aromatic heterocycles. The van der Waals surface area contributed by atoms with Crippen LogP contribution in [0.15, 0.2) is 60.7 Å². The van der Waals surface area contributed by atoms with Crippen LogP contribution in [-0.2, 0) is 10.2 Å². The second kappa shape index (κ2) is 12.6. The minimum Gasteiger partial charge on any atom is -0.504 e. The standard InChI is InChI=1S/C33H37Cl2N3O5/c1-20(22-11-13-38(18-22)31(40)23-16-28(39)30(43-3)29(17-23)42-2)37-14-12-33(32(36)41,24-7-5-4-6-8-24)25(19-37)21-9-10-26(34)27(35)15-21/h4-10,15-17,20,22,25,39H,11-14,18-19H2,1-3H3,(H2,36,41). The van der Waals surface area contributed by atoms with Crippen LogP contribution >= 0.6 is 23.2 Å². The van der Waals surface area contributed by atoms with Gasteiger partial charge in [0.25, 0.3) is 5.91 Å². The minimum absolute atomic E-state index is 0.128. The van der Waals surface area contributed by atoms with Gasteiger partial charge in [0.15, 0.2) is 11.5 Å². The van der Waals surface area contributed by atoms with Crippen LogP contribution in [0.1, 0.15) is 47.2 Å². The number of halogens is 2. The largest absolute Gasteiger partial charge is 0.504 e. The first-order chi connectivity index (χ1) is 20.6. The van der Waals surface area contributed by atoms with Crippen molar-refractivity contribution >= 4 is 35.0 Å². The Morgan fingerprint density at radius 3 is 2.40 bits per heavy atom. The fourth-order valence-corrected chi connectivity index (χ4v) is 7.20. The summed E-state index contributed by atoms with van der Waals surface area (Å²) in [6.45, 7) is 4.62. The first-order valence-electron chi connectivity index (χ1n) is 14.4. The maximum absolute atomic E-state index is 13.5. The molecule has 2 amide bonds. The average Bonchev–Trinajstić information content (AvgIpc) is 3.51. The molecule has 2 aliphatic rings. The summed E-state index contributed by atoms with van der Waals surface area (Å²) in [7, 11) is 2.90. The summed E-state index contributed by atoms with van der Waals surface area (Å²) in [6, 6.07) is 18.4. The Kier molecular flexibility index (Phi) is 9.11. The van der Waals surface area contributed by atoms with Crippen molar-refractivity contribution in [1.82, 2.24) is 9.80 Å². The Morgan fingerprint density at radius 2 is 1.74 bits per heavy atom. The molecular formula is C33H37Cl2N3O5. The Bertz CT molecular complexity index is 1500. The van der Waals surface area contributed by atoms with E-state index >= 15 is 0 Å². The highest BCUT2D eigenvalue weighted by Gasteiger charge is 2.51. The number of amides is 2. The summed E-state index contributed by atoms with van der Waals surface area (Å²) < 4.78 is 10.5. The first-order valence-corrected chi connectivity index (χ1v) is 15.1. The third-order valence-corrected chi connectivity index (χ3v) is 10.1. The number of hydrogen-bond acceptors (Lipinski definition) is 6. The van der Waals surface area contributed by atoms with E-state index in [1.54, 1.807) is 12.1 Å². The maximum Gasteiger partial charge on any atom is 0.254 e. The fourth-order valence-electron chi connectivity index (χ4n) is 6.90. The number of carbonyl (C=O) groups excluding carboxylic acids is 2. The fraction of sp³-hybridized carbons (Fsp3) is 0.394. The van der Waals surface area contributed by atoms with E-state index in [0.29, 0.717) is 54.0 Å².